The third-order valence-corrected chi connectivity index (χ3v) is 3.61. The second-order valence-electron chi connectivity index (χ2n) is 5.60. The number of hydrogen-bond acceptors (Lipinski definition) is 6. The Kier molecular flexibility index (Phi) is 5.25. The Balaban J connectivity index is 1.87. The Hall–Kier alpha value is -3.55. The highest BCUT2D eigenvalue weighted by atomic mass is 19.1. The molecule has 27 heavy (non-hydrogen) atoms. The molecule has 0 unspecified atom stereocenters. The van der Waals surface area contributed by atoms with Crippen molar-refractivity contribution in [2.24, 2.45) is 0 Å². The van der Waals surface area contributed by atoms with Crippen LogP contribution in [-0.4, -0.2) is 23.0 Å². The second kappa shape index (κ2) is 7.77. The maximum absolute atomic E-state index is 13.8. The van der Waals surface area contributed by atoms with Crippen LogP contribution in [0.3, 0.4) is 0 Å². The number of hydrogen-bond donors (Lipinski definition) is 2. The van der Waals surface area contributed by atoms with Crippen LogP contribution >= 0.6 is 0 Å². The Morgan fingerprint density at radius 2 is 1.59 bits per heavy atom. The van der Waals surface area contributed by atoms with Crippen molar-refractivity contribution in [3.8, 4) is 0 Å². The number of esters is 1. The van der Waals surface area contributed by atoms with E-state index in [1.165, 1.54) is 19.2 Å². The summed E-state index contributed by atoms with van der Waals surface area (Å²) >= 11 is 0. The first-order valence-electron chi connectivity index (χ1n) is 7.98. The van der Waals surface area contributed by atoms with Crippen LogP contribution in [0.25, 0.3) is 0 Å². The van der Waals surface area contributed by atoms with Crippen molar-refractivity contribution in [1.82, 2.24) is 9.97 Å². The number of ether oxygens (including phenoxy) is 1. The van der Waals surface area contributed by atoms with E-state index in [-0.39, 0.29) is 11.5 Å². The van der Waals surface area contributed by atoms with Crippen LogP contribution in [0.4, 0.5) is 31.8 Å². The van der Waals surface area contributed by atoms with Gasteiger partial charge in [0, 0.05) is 11.8 Å². The van der Waals surface area contributed by atoms with Crippen molar-refractivity contribution in [3.63, 3.8) is 0 Å². The quantitative estimate of drug-likeness (QED) is 0.651. The van der Waals surface area contributed by atoms with Crippen LogP contribution in [0, 0.1) is 18.6 Å². The average molecular weight is 370 g/mol. The van der Waals surface area contributed by atoms with Gasteiger partial charge in [0.25, 0.3) is 0 Å². The molecule has 0 saturated carbocycles. The molecule has 6 nitrogen and oxygen atoms in total. The zero-order valence-electron chi connectivity index (χ0n) is 14.6. The molecule has 0 radical (unpaired) electrons. The molecule has 8 heteroatoms. The summed E-state index contributed by atoms with van der Waals surface area (Å²) in [6.45, 7) is 1.65. The van der Waals surface area contributed by atoms with Gasteiger partial charge in [-0.2, -0.15) is 0 Å². The molecule has 1 heterocycles. The molecule has 2 N–H and O–H groups in total. The van der Waals surface area contributed by atoms with E-state index in [0.29, 0.717) is 22.9 Å². The summed E-state index contributed by atoms with van der Waals surface area (Å²) in [5.41, 5.74) is 0.674. The molecule has 2 aromatic carbocycles. The van der Waals surface area contributed by atoms with Gasteiger partial charge in [0.05, 0.1) is 12.7 Å². The second-order valence-corrected chi connectivity index (χ2v) is 5.60. The van der Waals surface area contributed by atoms with E-state index in [9.17, 15) is 13.6 Å². The van der Waals surface area contributed by atoms with Crippen LogP contribution in [-0.2, 0) is 4.74 Å². The molecule has 0 aliphatic carbocycles. The van der Waals surface area contributed by atoms with Gasteiger partial charge in [-0.25, -0.2) is 23.5 Å². The van der Waals surface area contributed by atoms with Crippen molar-refractivity contribution in [3.05, 3.63) is 71.6 Å². The number of aromatic nitrogens is 2. The Labute approximate surface area is 154 Å². The molecular formula is C19H16F2N4O2. The highest BCUT2D eigenvalue weighted by Crippen LogP contribution is 2.24. The fraction of sp³-hybridized carbons (Fsp3) is 0.105. The number of methoxy groups -OCH3 is 1. The highest BCUT2D eigenvalue weighted by molar-refractivity contribution is 5.90. The van der Waals surface area contributed by atoms with E-state index in [2.05, 4.69) is 20.6 Å². The van der Waals surface area contributed by atoms with Crippen LogP contribution in [0.5, 0.6) is 0 Å². The van der Waals surface area contributed by atoms with Gasteiger partial charge in [-0.1, -0.05) is 12.1 Å². The lowest BCUT2D eigenvalue weighted by Crippen LogP contribution is -2.05. The van der Waals surface area contributed by atoms with Gasteiger partial charge in [-0.05, 0) is 37.3 Å². The predicted octanol–water partition coefficient (Wildman–Crippen LogP) is 4.34. The molecule has 0 spiro atoms. The number of nitrogens with one attached hydrogen (secondary N) is 2. The number of benzene rings is 2. The lowest BCUT2D eigenvalue weighted by Gasteiger charge is -2.12. The summed E-state index contributed by atoms with van der Waals surface area (Å²) in [5.74, 6) is -0.918. The van der Waals surface area contributed by atoms with Gasteiger partial charge in [0.15, 0.2) is 0 Å². The minimum absolute atomic E-state index is 0.220. The summed E-state index contributed by atoms with van der Waals surface area (Å²) < 4.78 is 32.4. The predicted molar refractivity (Wildman–Crippen MR) is 97.5 cm³/mol. The Morgan fingerprint density at radius 1 is 0.963 bits per heavy atom. The maximum Gasteiger partial charge on any atom is 0.337 e. The van der Waals surface area contributed by atoms with Crippen molar-refractivity contribution < 1.29 is 18.3 Å². The number of halogens is 2. The van der Waals surface area contributed by atoms with Crippen molar-refractivity contribution in [1.29, 1.82) is 0 Å². The first kappa shape index (κ1) is 18.2. The molecular weight excluding hydrogens is 354 g/mol. The van der Waals surface area contributed by atoms with E-state index >= 15 is 0 Å². The molecule has 1 aromatic heterocycles. The van der Waals surface area contributed by atoms with Gasteiger partial charge < -0.3 is 15.4 Å². The van der Waals surface area contributed by atoms with Gasteiger partial charge in [-0.15, -0.1) is 0 Å². The summed E-state index contributed by atoms with van der Waals surface area (Å²) in [7, 11) is 1.30. The topological polar surface area (TPSA) is 76.1 Å². The number of nitrogens with zero attached hydrogens (tertiary/aromatic N) is 2. The fourth-order valence-corrected chi connectivity index (χ4v) is 2.43. The minimum atomic E-state index is -0.730. The Bertz CT molecular complexity index is 975. The largest absolute Gasteiger partial charge is 0.465 e. The van der Waals surface area contributed by atoms with E-state index < -0.39 is 17.6 Å². The van der Waals surface area contributed by atoms with Crippen LogP contribution in [0.15, 0.2) is 48.5 Å². The van der Waals surface area contributed by atoms with E-state index in [4.69, 9.17) is 4.74 Å². The number of rotatable bonds is 5. The number of anilines is 4. The zero-order valence-corrected chi connectivity index (χ0v) is 14.6. The first-order valence-corrected chi connectivity index (χ1v) is 7.98. The molecule has 0 bridgehead atoms. The van der Waals surface area contributed by atoms with Crippen molar-refractivity contribution in [2.45, 2.75) is 6.92 Å². The number of para-hydroxylation sites is 1. The van der Waals surface area contributed by atoms with Gasteiger partial charge in [0.1, 0.15) is 34.8 Å². The van der Waals surface area contributed by atoms with Gasteiger partial charge >= 0.3 is 5.97 Å². The molecule has 0 saturated heterocycles. The first-order chi connectivity index (χ1) is 13.0. The monoisotopic (exact) mass is 370 g/mol. The standard InChI is InChI=1S/C19H16F2N4O2/c1-11-22-16(24-13-6-3-5-12(9-13)19(26)27-2)10-17(23-11)25-18-14(20)7-4-8-15(18)21/h3-10H,1-2H3,(H2,22,23,24,25). The number of carbonyl (C=O) groups is 1. The van der Waals surface area contributed by atoms with Crippen LogP contribution in [0.1, 0.15) is 16.2 Å². The fourth-order valence-electron chi connectivity index (χ4n) is 2.43. The maximum atomic E-state index is 13.8. The molecule has 0 fully saturated rings. The Morgan fingerprint density at radius 3 is 2.26 bits per heavy atom. The molecule has 138 valence electrons. The van der Waals surface area contributed by atoms with Crippen molar-refractivity contribution >= 4 is 29.0 Å². The molecule has 0 aliphatic rings. The van der Waals surface area contributed by atoms with E-state index in [1.807, 2.05) is 0 Å². The van der Waals surface area contributed by atoms with Crippen LogP contribution < -0.4 is 10.6 Å². The third kappa shape index (κ3) is 4.35. The lowest BCUT2D eigenvalue weighted by atomic mass is 10.2. The minimum Gasteiger partial charge on any atom is -0.465 e. The van der Waals surface area contributed by atoms with E-state index in [1.54, 1.807) is 31.2 Å². The lowest BCUT2D eigenvalue weighted by molar-refractivity contribution is 0.0601. The normalized spacial score (nSPS) is 10.4. The van der Waals surface area contributed by atoms with Crippen molar-refractivity contribution in [2.75, 3.05) is 17.7 Å². The smallest absolute Gasteiger partial charge is 0.337 e. The summed E-state index contributed by atoms with van der Waals surface area (Å²) in [4.78, 5) is 20.0. The SMILES string of the molecule is COC(=O)c1cccc(Nc2cc(Nc3c(F)cccc3F)nc(C)n2)c1. The van der Waals surface area contributed by atoms with Crippen LogP contribution in [0.2, 0.25) is 0 Å². The van der Waals surface area contributed by atoms with Gasteiger partial charge in [0.2, 0.25) is 0 Å². The summed E-state index contributed by atoms with van der Waals surface area (Å²) in [6, 6.07) is 11.7. The molecule has 0 aliphatic heterocycles. The summed E-state index contributed by atoms with van der Waals surface area (Å²) in [5, 5.41) is 5.66. The molecule has 3 aromatic rings. The molecule has 0 atom stereocenters. The zero-order chi connectivity index (χ0) is 19.4. The summed E-state index contributed by atoms with van der Waals surface area (Å²) in [6.07, 6.45) is 0. The highest BCUT2D eigenvalue weighted by Gasteiger charge is 2.11. The van der Waals surface area contributed by atoms with E-state index in [0.717, 1.165) is 12.1 Å². The number of aryl methyl sites for hydroxylation is 1. The van der Waals surface area contributed by atoms with Gasteiger partial charge in [-0.3, -0.25) is 0 Å². The average Bonchev–Trinajstić information content (AvgIpc) is 2.64. The number of carbonyl (C=O) groups excluding carboxylic acids is 1. The third-order valence-electron chi connectivity index (χ3n) is 3.61. The molecule has 0 amide bonds. The molecule has 3 rings (SSSR count).